The van der Waals surface area contributed by atoms with E-state index in [1.54, 1.807) is 0 Å². The minimum atomic E-state index is -0.278. The summed E-state index contributed by atoms with van der Waals surface area (Å²) in [6.45, 7) is 11.9. The van der Waals surface area contributed by atoms with Gasteiger partial charge in [-0.1, -0.05) is 181 Å². The van der Waals surface area contributed by atoms with Gasteiger partial charge in [-0.25, -0.2) is 0 Å². The number of nitrogens with zero attached hydrogens (tertiary/aromatic N) is 3. The number of anilines is 6. The van der Waals surface area contributed by atoms with E-state index in [1.165, 1.54) is 104 Å². The van der Waals surface area contributed by atoms with Crippen LogP contribution in [0.25, 0.3) is 75.4 Å². The van der Waals surface area contributed by atoms with Crippen LogP contribution in [0.1, 0.15) is 75.3 Å². The number of para-hydroxylation sites is 3. The second kappa shape index (κ2) is 16.7. The van der Waals surface area contributed by atoms with Gasteiger partial charge in [0.15, 0.2) is 0 Å². The summed E-state index contributed by atoms with van der Waals surface area (Å²) in [5, 5.41) is 4.77. The van der Waals surface area contributed by atoms with Crippen molar-refractivity contribution in [3.05, 3.63) is 240 Å². The molecule has 2 aliphatic heterocycles. The Morgan fingerprint density at radius 1 is 0.513 bits per heavy atom. The van der Waals surface area contributed by atoms with Gasteiger partial charge in [-0.2, -0.15) is 0 Å². The molecule has 5 heterocycles. The van der Waals surface area contributed by atoms with Crippen molar-refractivity contribution in [2.24, 2.45) is 0 Å². The normalized spacial score (nSPS) is 14.5. The van der Waals surface area contributed by atoms with E-state index in [9.17, 15) is 0 Å². The molecule has 6 heteroatoms. The standard InChI is InChI=1S/C72H56BN3OS/c1-6-7-23-44-36-37-60(51(38-44)45-24-11-8-12-25-45)75-61-43-58-57(71(2,3)55-32-19-20-33-56(55)72(58,4)5)42-59(61)73-66-62(75)41-52-49-30-17-21-34-63(49)77-69(52)65(66)53-39-48(74(46-26-13-9-14-27-46)47-28-15-10-16-29-47)40-54-67(53)76(73)68-50-31-18-22-35-64(50)78-70(54)68/h8-22,24-43H,6-7,23H2,1-5H3. The Bertz CT molecular complexity index is 4580. The number of rotatable bonds is 8. The van der Waals surface area contributed by atoms with Gasteiger partial charge in [-0.05, 0) is 130 Å². The van der Waals surface area contributed by atoms with E-state index in [4.69, 9.17) is 4.42 Å². The summed E-state index contributed by atoms with van der Waals surface area (Å²) < 4.78 is 12.8. The van der Waals surface area contributed by atoms with Crippen LogP contribution in [0.2, 0.25) is 0 Å². The number of hydrogen-bond donors (Lipinski definition) is 0. The fourth-order valence-corrected chi connectivity index (χ4v) is 15.5. The van der Waals surface area contributed by atoms with Crippen molar-refractivity contribution in [1.82, 2.24) is 4.48 Å². The number of unbranched alkanes of at least 4 members (excludes halogenated alkanes) is 1. The molecule has 374 valence electrons. The molecule has 0 spiro atoms. The van der Waals surface area contributed by atoms with Crippen LogP contribution in [-0.2, 0) is 17.3 Å². The first-order valence-electron chi connectivity index (χ1n) is 27.8. The molecular formula is C72H56BN3OS. The first-order valence-corrected chi connectivity index (χ1v) is 28.7. The highest BCUT2D eigenvalue weighted by molar-refractivity contribution is 7.27. The van der Waals surface area contributed by atoms with Crippen LogP contribution >= 0.6 is 11.3 Å². The molecule has 0 N–H and O–H groups in total. The molecule has 0 fully saturated rings. The van der Waals surface area contributed by atoms with Crippen LogP contribution in [0.5, 0.6) is 0 Å². The third-order valence-corrected chi connectivity index (χ3v) is 19.1. The summed E-state index contributed by atoms with van der Waals surface area (Å²) in [4.78, 5) is 5.12. The Morgan fingerprint density at radius 3 is 1.87 bits per heavy atom. The Morgan fingerprint density at radius 2 is 1.15 bits per heavy atom. The Hall–Kier alpha value is -8.58. The van der Waals surface area contributed by atoms with Gasteiger partial charge in [-0.3, -0.25) is 0 Å². The van der Waals surface area contributed by atoms with Crippen molar-refractivity contribution in [3.8, 4) is 22.3 Å². The lowest BCUT2D eigenvalue weighted by atomic mass is 9.44. The maximum atomic E-state index is 7.39. The van der Waals surface area contributed by atoms with Crippen LogP contribution in [0.3, 0.4) is 0 Å². The molecule has 16 rings (SSSR count). The number of hydrogen-bond acceptors (Lipinski definition) is 4. The van der Waals surface area contributed by atoms with Gasteiger partial charge >= 0.3 is 6.85 Å². The molecule has 3 aromatic heterocycles. The molecule has 13 aromatic rings. The third kappa shape index (κ3) is 6.29. The molecule has 10 aromatic carbocycles. The molecule has 0 unspecified atom stereocenters. The van der Waals surface area contributed by atoms with Crippen molar-refractivity contribution in [2.45, 2.75) is 64.7 Å². The van der Waals surface area contributed by atoms with E-state index < -0.39 is 0 Å². The second-order valence-corrected chi connectivity index (χ2v) is 24.1. The predicted molar refractivity (Wildman–Crippen MR) is 332 cm³/mol. The van der Waals surface area contributed by atoms with Crippen molar-refractivity contribution < 1.29 is 4.42 Å². The van der Waals surface area contributed by atoms with E-state index in [1.807, 2.05) is 11.3 Å². The largest absolute Gasteiger partial charge is 0.455 e. The zero-order chi connectivity index (χ0) is 52.2. The first kappa shape index (κ1) is 45.6. The molecule has 0 saturated heterocycles. The van der Waals surface area contributed by atoms with E-state index in [0.717, 1.165) is 63.8 Å². The summed E-state index contributed by atoms with van der Waals surface area (Å²) in [6.07, 6.45) is 3.32. The summed E-state index contributed by atoms with van der Waals surface area (Å²) in [6, 6.07) is 79.9. The average molecular weight is 1020 g/mol. The first-order chi connectivity index (χ1) is 38.2. The van der Waals surface area contributed by atoms with E-state index in [-0.39, 0.29) is 17.7 Å². The fraction of sp³-hybridized carbons (Fsp3) is 0.139. The highest BCUT2D eigenvalue weighted by Gasteiger charge is 2.49. The molecule has 3 aliphatic rings. The monoisotopic (exact) mass is 1020 g/mol. The minimum Gasteiger partial charge on any atom is -0.455 e. The molecular weight excluding hydrogens is 966 g/mol. The Balaban J connectivity index is 1.11. The van der Waals surface area contributed by atoms with Gasteiger partial charge in [0.2, 0.25) is 0 Å². The number of aromatic nitrogens is 1. The molecule has 0 amide bonds. The Kier molecular flexibility index (Phi) is 9.77. The van der Waals surface area contributed by atoms with Gasteiger partial charge in [0, 0.05) is 87.7 Å². The maximum absolute atomic E-state index is 7.39. The molecule has 4 nitrogen and oxygen atoms in total. The quantitative estimate of drug-likeness (QED) is 0.142. The number of aryl methyl sites for hydroxylation is 1. The fourth-order valence-electron chi connectivity index (χ4n) is 14.3. The van der Waals surface area contributed by atoms with Crippen molar-refractivity contribution >= 4 is 116 Å². The van der Waals surface area contributed by atoms with Crippen LogP contribution < -0.4 is 20.7 Å². The number of thiophene rings is 1. The van der Waals surface area contributed by atoms with E-state index in [0.29, 0.717) is 0 Å². The number of fused-ring (bicyclic) bond motifs is 15. The van der Waals surface area contributed by atoms with Crippen molar-refractivity contribution in [2.75, 3.05) is 9.80 Å². The van der Waals surface area contributed by atoms with Crippen LogP contribution in [0, 0.1) is 0 Å². The maximum Gasteiger partial charge on any atom is 0.333 e. The topological polar surface area (TPSA) is 24.6 Å². The van der Waals surface area contributed by atoms with E-state index in [2.05, 4.69) is 261 Å². The summed E-state index contributed by atoms with van der Waals surface area (Å²) in [7, 11) is 0. The van der Waals surface area contributed by atoms with Crippen molar-refractivity contribution in [3.63, 3.8) is 0 Å². The lowest BCUT2D eigenvalue weighted by Crippen LogP contribution is -2.57. The molecule has 78 heavy (non-hydrogen) atoms. The molecule has 0 saturated carbocycles. The van der Waals surface area contributed by atoms with Gasteiger partial charge in [0.25, 0.3) is 0 Å². The molecule has 0 bridgehead atoms. The predicted octanol–water partition coefficient (Wildman–Crippen LogP) is 18.8. The zero-order valence-corrected chi connectivity index (χ0v) is 45.4. The van der Waals surface area contributed by atoms with Crippen LogP contribution in [0.15, 0.2) is 217 Å². The smallest absolute Gasteiger partial charge is 0.333 e. The highest BCUT2D eigenvalue weighted by Crippen LogP contribution is 2.57. The van der Waals surface area contributed by atoms with Crippen LogP contribution in [0.4, 0.5) is 34.1 Å². The van der Waals surface area contributed by atoms with Crippen LogP contribution in [-0.4, -0.2) is 11.3 Å². The minimum absolute atomic E-state index is 0.208. The van der Waals surface area contributed by atoms with Gasteiger partial charge < -0.3 is 18.7 Å². The summed E-state index contributed by atoms with van der Waals surface area (Å²) >= 11 is 1.92. The molecule has 0 atom stereocenters. The SMILES string of the molecule is CCCCc1ccc(N2c3cc4c(cc3B3c5c2cc2c(oc6ccccc62)c5-c2cc(N(c5ccccc5)c5ccccc5)cc5c6sc7ccccc7c6n3c25)C(C)(C)c2ccccc2C4(C)C)c(-c2ccccc2)c1. The lowest BCUT2D eigenvalue weighted by molar-refractivity contribution is 0.521. The zero-order valence-electron chi connectivity index (χ0n) is 44.6. The van der Waals surface area contributed by atoms with Crippen molar-refractivity contribution in [1.29, 1.82) is 0 Å². The molecule has 1 aliphatic carbocycles. The summed E-state index contributed by atoms with van der Waals surface area (Å²) in [5.41, 5.74) is 25.0. The van der Waals surface area contributed by atoms with Gasteiger partial charge in [-0.15, -0.1) is 11.3 Å². The van der Waals surface area contributed by atoms with E-state index >= 15 is 0 Å². The average Bonchev–Trinajstić information content (AvgIpc) is 3.27. The van der Waals surface area contributed by atoms with Gasteiger partial charge in [0.1, 0.15) is 11.2 Å². The highest BCUT2D eigenvalue weighted by atomic mass is 32.1. The summed E-state index contributed by atoms with van der Waals surface area (Å²) in [5.74, 6) is 0. The number of benzene rings is 10. The third-order valence-electron chi connectivity index (χ3n) is 17.9. The number of furan rings is 1. The second-order valence-electron chi connectivity index (χ2n) is 23.0. The molecule has 0 radical (unpaired) electrons. The Labute approximate surface area is 459 Å². The van der Waals surface area contributed by atoms with Gasteiger partial charge in [0.05, 0.1) is 15.9 Å². The lowest BCUT2D eigenvalue weighted by Gasteiger charge is -2.47.